The van der Waals surface area contributed by atoms with Crippen molar-refractivity contribution in [3.05, 3.63) is 12.3 Å². The molecule has 0 bridgehead atoms. The van der Waals surface area contributed by atoms with E-state index in [1.54, 1.807) is 0 Å². The molecule has 1 fully saturated rings. The lowest BCUT2D eigenvalue weighted by Gasteiger charge is -2.34. The molecule has 0 aromatic heterocycles. The lowest BCUT2D eigenvalue weighted by molar-refractivity contribution is 0.218. The summed E-state index contributed by atoms with van der Waals surface area (Å²) in [5, 5.41) is 0. The first-order chi connectivity index (χ1) is 8.27. The molecule has 1 nitrogen and oxygen atoms in total. The van der Waals surface area contributed by atoms with Crippen LogP contribution in [0.1, 0.15) is 58.3 Å². The van der Waals surface area contributed by atoms with Crippen molar-refractivity contribution in [3.63, 3.8) is 0 Å². The summed E-state index contributed by atoms with van der Waals surface area (Å²) in [4.78, 5) is 2.51. The van der Waals surface area contributed by atoms with Crippen LogP contribution in [0.3, 0.4) is 0 Å². The van der Waals surface area contributed by atoms with Crippen LogP contribution < -0.4 is 0 Å². The molecular weight excluding hydrogens is 226 g/mol. The molecule has 0 N–H and O–H groups in total. The van der Waals surface area contributed by atoms with Crippen molar-refractivity contribution in [1.29, 1.82) is 0 Å². The summed E-state index contributed by atoms with van der Waals surface area (Å²) in [6.07, 6.45) is 10.6. The molecule has 1 aliphatic heterocycles. The van der Waals surface area contributed by atoms with Gasteiger partial charge in [0.1, 0.15) is 0 Å². The molecule has 0 amide bonds. The molecule has 1 saturated heterocycles. The zero-order chi connectivity index (χ0) is 12.5. The van der Waals surface area contributed by atoms with E-state index in [0.717, 1.165) is 11.7 Å². The molecule has 0 saturated carbocycles. The molecule has 1 rings (SSSR count). The van der Waals surface area contributed by atoms with Crippen molar-refractivity contribution in [3.8, 4) is 0 Å². The van der Waals surface area contributed by atoms with Gasteiger partial charge in [0.25, 0.3) is 0 Å². The van der Waals surface area contributed by atoms with Gasteiger partial charge in [-0.3, -0.25) is 0 Å². The minimum Gasteiger partial charge on any atom is -0.375 e. The van der Waals surface area contributed by atoms with Crippen molar-refractivity contribution in [1.82, 2.24) is 4.90 Å². The van der Waals surface area contributed by atoms with Gasteiger partial charge < -0.3 is 4.90 Å². The maximum Gasteiger partial charge on any atom is 0.0177 e. The Morgan fingerprint density at radius 1 is 1.24 bits per heavy atom. The van der Waals surface area contributed by atoms with E-state index in [-0.39, 0.29) is 0 Å². The van der Waals surface area contributed by atoms with E-state index in [9.17, 15) is 0 Å². The van der Waals surface area contributed by atoms with E-state index in [0.29, 0.717) is 0 Å². The SMILES string of the molecule is C=C(CCCCCC)N1CCC(CCS)CC1. The molecule has 17 heavy (non-hydrogen) atoms. The van der Waals surface area contributed by atoms with E-state index in [1.807, 2.05) is 0 Å². The molecule has 2 heteroatoms. The van der Waals surface area contributed by atoms with E-state index >= 15 is 0 Å². The number of unbranched alkanes of at least 4 members (excludes halogenated alkanes) is 3. The van der Waals surface area contributed by atoms with E-state index in [4.69, 9.17) is 0 Å². The van der Waals surface area contributed by atoms with Crippen molar-refractivity contribution in [2.45, 2.75) is 58.3 Å². The Balaban J connectivity index is 2.12. The quantitative estimate of drug-likeness (QED) is 0.493. The molecule has 100 valence electrons. The monoisotopic (exact) mass is 255 g/mol. The van der Waals surface area contributed by atoms with Crippen molar-refractivity contribution < 1.29 is 0 Å². The highest BCUT2D eigenvalue weighted by Crippen LogP contribution is 2.24. The Kier molecular flexibility index (Phi) is 7.83. The van der Waals surface area contributed by atoms with Crippen LogP contribution in [0.25, 0.3) is 0 Å². The first kappa shape index (κ1) is 14.9. The predicted octanol–water partition coefficient (Wildman–Crippen LogP) is 4.50. The second kappa shape index (κ2) is 8.91. The van der Waals surface area contributed by atoms with Crippen LogP contribution >= 0.6 is 12.6 Å². The topological polar surface area (TPSA) is 3.24 Å². The number of allylic oxidation sites excluding steroid dienone is 1. The van der Waals surface area contributed by atoms with Gasteiger partial charge in [-0.15, -0.1) is 0 Å². The van der Waals surface area contributed by atoms with Crippen LogP contribution in [-0.2, 0) is 0 Å². The summed E-state index contributed by atoms with van der Waals surface area (Å²) >= 11 is 4.33. The molecule has 0 aromatic carbocycles. The number of hydrogen-bond acceptors (Lipinski definition) is 2. The van der Waals surface area contributed by atoms with Gasteiger partial charge in [0.15, 0.2) is 0 Å². The van der Waals surface area contributed by atoms with Gasteiger partial charge in [-0.25, -0.2) is 0 Å². The number of piperidine rings is 1. The Hall–Kier alpha value is -0.110. The van der Waals surface area contributed by atoms with Crippen LogP contribution in [-0.4, -0.2) is 23.7 Å². The Bertz CT molecular complexity index is 207. The minimum absolute atomic E-state index is 0.914. The maximum absolute atomic E-state index is 4.33. The average molecular weight is 255 g/mol. The van der Waals surface area contributed by atoms with E-state index < -0.39 is 0 Å². The fraction of sp³-hybridized carbons (Fsp3) is 0.867. The molecule has 0 atom stereocenters. The number of likely N-dealkylation sites (tertiary alicyclic amines) is 1. The Labute approximate surface area is 113 Å². The normalized spacial score (nSPS) is 17.4. The average Bonchev–Trinajstić information content (AvgIpc) is 2.36. The van der Waals surface area contributed by atoms with Crippen LogP contribution in [0.5, 0.6) is 0 Å². The lowest BCUT2D eigenvalue weighted by atomic mass is 9.94. The van der Waals surface area contributed by atoms with Gasteiger partial charge in [-0.2, -0.15) is 12.6 Å². The van der Waals surface area contributed by atoms with Crippen LogP contribution in [0, 0.1) is 5.92 Å². The highest BCUT2D eigenvalue weighted by atomic mass is 32.1. The van der Waals surface area contributed by atoms with Crippen molar-refractivity contribution in [2.75, 3.05) is 18.8 Å². The van der Waals surface area contributed by atoms with Gasteiger partial charge in [0.05, 0.1) is 0 Å². The van der Waals surface area contributed by atoms with E-state index in [1.165, 1.54) is 70.2 Å². The molecule has 0 aromatic rings. The van der Waals surface area contributed by atoms with Gasteiger partial charge in [-0.05, 0) is 43.8 Å². The van der Waals surface area contributed by atoms with E-state index in [2.05, 4.69) is 31.0 Å². The van der Waals surface area contributed by atoms with Gasteiger partial charge >= 0.3 is 0 Å². The lowest BCUT2D eigenvalue weighted by Crippen LogP contribution is -2.32. The summed E-state index contributed by atoms with van der Waals surface area (Å²) in [5.41, 5.74) is 1.38. The molecule has 0 aliphatic carbocycles. The van der Waals surface area contributed by atoms with Crippen LogP contribution in [0.2, 0.25) is 0 Å². The molecular formula is C15H29NS. The minimum atomic E-state index is 0.914. The fourth-order valence-corrected chi connectivity index (χ4v) is 3.00. The summed E-state index contributed by atoms with van der Waals surface area (Å²) < 4.78 is 0. The van der Waals surface area contributed by atoms with Crippen molar-refractivity contribution >= 4 is 12.6 Å². The highest BCUT2D eigenvalue weighted by molar-refractivity contribution is 7.80. The van der Waals surface area contributed by atoms with Gasteiger partial charge in [0, 0.05) is 18.8 Å². The standard InChI is InChI=1S/C15H29NS/c1-3-4-5-6-7-14(2)16-11-8-15(9-12-16)10-13-17/h15,17H,2-13H2,1H3. The Morgan fingerprint density at radius 3 is 2.53 bits per heavy atom. The largest absolute Gasteiger partial charge is 0.375 e. The zero-order valence-electron chi connectivity index (χ0n) is 11.5. The van der Waals surface area contributed by atoms with Crippen LogP contribution in [0.15, 0.2) is 12.3 Å². The third kappa shape index (κ3) is 5.85. The summed E-state index contributed by atoms with van der Waals surface area (Å²) in [6, 6.07) is 0. The summed E-state index contributed by atoms with van der Waals surface area (Å²) in [6.45, 7) is 8.98. The summed E-state index contributed by atoms with van der Waals surface area (Å²) in [5.74, 6) is 1.96. The first-order valence-corrected chi connectivity index (χ1v) is 7.94. The number of hydrogen-bond donors (Lipinski definition) is 1. The smallest absolute Gasteiger partial charge is 0.0177 e. The first-order valence-electron chi connectivity index (χ1n) is 7.31. The molecule has 0 radical (unpaired) electrons. The summed E-state index contributed by atoms with van der Waals surface area (Å²) in [7, 11) is 0. The number of rotatable bonds is 8. The second-order valence-electron chi connectivity index (χ2n) is 5.32. The van der Waals surface area contributed by atoms with Gasteiger partial charge in [0.2, 0.25) is 0 Å². The molecule has 0 spiro atoms. The van der Waals surface area contributed by atoms with Gasteiger partial charge in [-0.1, -0.05) is 32.8 Å². The maximum atomic E-state index is 4.33. The zero-order valence-corrected chi connectivity index (χ0v) is 12.4. The predicted molar refractivity (Wildman–Crippen MR) is 80.7 cm³/mol. The number of thiol groups is 1. The fourth-order valence-electron chi connectivity index (χ4n) is 2.63. The number of nitrogens with zero attached hydrogens (tertiary/aromatic N) is 1. The van der Waals surface area contributed by atoms with Crippen LogP contribution in [0.4, 0.5) is 0 Å². The molecule has 1 aliphatic rings. The Morgan fingerprint density at radius 2 is 1.94 bits per heavy atom. The third-order valence-electron chi connectivity index (χ3n) is 3.92. The molecule has 0 unspecified atom stereocenters. The second-order valence-corrected chi connectivity index (χ2v) is 5.77. The third-order valence-corrected chi connectivity index (χ3v) is 4.18. The van der Waals surface area contributed by atoms with Crippen molar-refractivity contribution in [2.24, 2.45) is 5.92 Å². The molecule has 1 heterocycles. The highest BCUT2D eigenvalue weighted by Gasteiger charge is 2.18.